The molecular formula is C18H39N3O5S2. The standard InChI is InChI=1S/C18H39N3O5S2/c1-27(2,3)13-11-25-17(23)15(7-8-16(22)20-10-9-19)21-18(24)26-12-14-28(4,5)6/h15H,7-14,19H2,1-6H3,(H,20,22)(H,21,24)/t15-/m0/s1. The Bertz CT molecular complexity index is 504. The lowest BCUT2D eigenvalue weighted by atomic mass is 10.1. The topological polar surface area (TPSA) is 120 Å². The highest BCUT2D eigenvalue weighted by molar-refractivity contribution is 8.32. The largest absolute Gasteiger partial charge is 0.463 e. The second-order valence-electron chi connectivity index (χ2n) is 8.27. The van der Waals surface area contributed by atoms with Gasteiger partial charge in [-0.25, -0.2) is 29.6 Å². The number of alkyl carbamates (subject to hydrolysis) is 1. The van der Waals surface area contributed by atoms with Crippen LogP contribution in [0.25, 0.3) is 0 Å². The Balaban J connectivity index is 4.66. The van der Waals surface area contributed by atoms with Crippen LogP contribution < -0.4 is 16.4 Å². The van der Waals surface area contributed by atoms with Gasteiger partial charge in [0, 0.05) is 31.0 Å². The van der Waals surface area contributed by atoms with E-state index in [-0.39, 0.29) is 32.0 Å². The van der Waals surface area contributed by atoms with Gasteiger partial charge in [0.05, 0.1) is 6.61 Å². The Morgan fingerprint density at radius 2 is 1.46 bits per heavy atom. The van der Waals surface area contributed by atoms with Gasteiger partial charge < -0.3 is 25.8 Å². The average molecular weight is 442 g/mol. The van der Waals surface area contributed by atoms with E-state index < -0.39 is 38.2 Å². The summed E-state index contributed by atoms with van der Waals surface area (Å²) < 4.78 is 10.5. The molecule has 0 aliphatic carbocycles. The van der Waals surface area contributed by atoms with Crippen molar-refractivity contribution in [2.45, 2.75) is 18.9 Å². The SMILES string of the molecule is CS(C)(C)CCOC(=O)N[C@@H](CCC(=O)NCCN)C(=O)OCCS(C)(C)C. The van der Waals surface area contributed by atoms with E-state index in [0.29, 0.717) is 13.1 Å². The fourth-order valence-corrected chi connectivity index (χ4v) is 3.05. The zero-order valence-corrected chi connectivity index (χ0v) is 19.8. The third kappa shape index (κ3) is 15.9. The maximum atomic E-state index is 12.4. The zero-order chi connectivity index (χ0) is 21.8. The van der Waals surface area contributed by atoms with Crippen molar-refractivity contribution < 1.29 is 23.9 Å². The smallest absolute Gasteiger partial charge is 0.407 e. The number of ether oxygens (including phenoxy) is 2. The van der Waals surface area contributed by atoms with Crippen LogP contribution in [0.1, 0.15) is 12.8 Å². The molecule has 8 nitrogen and oxygen atoms in total. The number of rotatable bonds is 13. The average Bonchev–Trinajstić information content (AvgIpc) is 2.54. The lowest BCUT2D eigenvalue weighted by Crippen LogP contribution is -2.43. The van der Waals surface area contributed by atoms with Crippen LogP contribution in [0.5, 0.6) is 0 Å². The van der Waals surface area contributed by atoms with E-state index in [1.54, 1.807) is 0 Å². The van der Waals surface area contributed by atoms with Crippen molar-refractivity contribution in [1.29, 1.82) is 0 Å². The number of esters is 1. The lowest BCUT2D eigenvalue weighted by Gasteiger charge is -2.26. The van der Waals surface area contributed by atoms with Gasteiger partial charge in [-0.15, -0.1) is 0 Å². The predicted octanol–water partition coefficient (Wildman–Crippen LogP) is 0.868. The minimum absolute atomic E-state index is 0.0801. The van der Waals surface area contributed by atoms with Crippen LogP contribution in [0.2, 0.25) is 0 Å². The molecule has 2 amide bonds. The Kier molecular flexibility index (Phi) is 12.6. The molecule has 0 rings (SSSR count). The van der Waals surface area contributed by atoms with Crippen LogP contribution in [0.15, 0.2) is 0 Å². The Labute approximate surface area is 172 Å². The molecule has 0 aromatic heterocycles. The summed E-state index contributed by atoms with van der Waals surface area (Å²) in [7, 11) is -1.57. The molecule has 0 radical (unpaired) electrons. The van der Waals surface area contributed by atoms with Gasteiger partial charge in [-0.05, 0) is 44.0 Å². The molecule has 0 heterocycles. The summed E-state index contributed by atoms with van der Waals surface area (Å²) in [5.74, 6) is 0.787. The van der Waals surface area contributed by atoms with Gasteiger partial charge in [0.15, 0.2) is 0 Å². The Morgan fingerprint density at radius 1 is 0.929 bits per heavy atom. The monoisotopic (exact) mass is 441 g/mol. The van der Waals surface area contributed by atoms with Gasteiger partial charge in [-0.1, -0.05) is 0 Å². The summed E-state index contributed by atoms with van der Waals surface area (Å²) in [5.41, 5.74) is 5.36. The minimum atomic E-state index is -0.923. The van der Waals surface area contributed by atoms with Gasteiger partial charge in [0.1, 0.15) is 12.6 Å². The van der Waals surface area contributed by atoms with E-state index >= 15 is 0 Å². The number of carbonyl (C=O) groups excluding carboxylic acids is 3. The second kappa shape index (κ2) is 13.2. The van der Waals surface area contributed by atoms with Crippen LogP contribution in [0.4, 0.5) is 4.79 Å². The first-order chi connectivity index (χ1) is 12.8. The molecule has 0 bridgehead atoms. The molecule has 4 N–H and O–H groups in total. The predicted molar refractivity (Wildman–Crippen MR) is 121 cm³/mol. The molecule has 1 atom stereocenters. The third-order valence-electron chi connectivity index (χ3n) is 3.57. The molecule has 10 heteroatoms. The quantitative estimate of drug-likeness (QED) is 0.365. The molecule has 0 aliphatic heterocycles. The molecule has 0 aromatic carbocycles. The van der Waals surface area contributed by atoms with Crippen molar-refractivity contribution in [1.82, 2.24) is 10.6 Å². The normalized spacial score (nSPS) is 14.0. The number of hydrogen-bond acceptors (Lipinski definition) is 6. The van der Waals surface area contributed by atoms with Gasteiger partial charge in [-0.2, -0.15) is 0 Å². The molecule has 0 saturated carbocycles. The van der Waals surface area contributed by atoms with Crippen molar-refractivity contribution in [2.24, 2.45) is 5.73 Å². The minimum Gasteiger partial charge on any atom is -0.463 e. The van der Waals surface area contributed by atoms with Gasteiger partial charge >= 0.3 is 12.1 Å². The molecular weight excluding hydrogens is 402 g/mol. The highest BCUT2D eigenvalue weighted by atomic mass is 32.3. The van der Waals surface area contributed by atoms with Crippen molar-refractivity contribution >= 4 is 38.0 Å². The lowest BCUT2D eigenvalue weighted by molar-refractivity contribution is -0.145. The van der Waals surface area contributed by atoms with E-state index in [4.69, 9.17) is 15.2 Å². The Morgan fingerprint density at radius 3 is 1.96 bits per heavy atom. The molecule has 0 aromatic rings. The van der Waals surface area contributed by atoms with Gasteiger partial charge in [0.25, 0.3) is 0 Å². The van der Waals surface area contributed by atoms with Crippen molar-refractivity contribution in [3.63, 3.8) is 0 Å². The second-order valence-corrected chi connectivity index (χ2v) is 17.4. The number of hydrogen-bond donors (Lipinski definition) is 3. The summed E-state index contributed by atoms with van der Waals surface area (Å²) in [4.78, 5) is 36.2. The molecule has 0 spiro atoms. The molecule has 0 fully saturated rings. The van der Waals surface area contributed by atoms with Gasteiger partial charge in [-0.3, -0.25) is 4.79 Å². The zero-order valence-electron chi connectivity index (χ0n) is 18.2. The molecule has 0 saturated heterocycles. The number of nitrogens with one attached hydrogen (secondary N) is 2. The number of carbonyl (C=O) groups is 3. The fourth-order valence-electron chi connectivity index (χ4n) is 1.89. The van der Waals surface area contributed by atoms with E-state index in [0.717, 1.165) is 11.5 Å². The highest BCUT2D eigenvalue weighted by Gasteiger charge is 2.24. The third-order valence-corrected chi connectivity index (χ3v) is 6.35. The van der Waals surface area contributed by atoms with Crippen molar-refractivity contribution in [3.8, 4) is 0 Å². The van der Waals surface area contributed by atoms with Crippen LogP contribution in [0.3, 0.4) is 0 Å². The van der Waals surface area contributed by atoms with Gasteiger partial charge in [0.2, 0.25) is 5.91 Å². The van der Waals surface area contributed by atoms with Crippen LogP contribution in [-0.4, -0.2) is 99.4 Å². The van der Waals surface area contributed by atoms with Crippen LogP contribution in [0, 0.1) is 0 Å². The maximum absolute atomic E-state index is 12.4. The summed E-state index contributed by atoms with van der Waals surface area (Å²) >= 11 is 0. The van der Waals surface area contributed by atoms with Crippen molar-refractivity contribution in [2.75, 3.05) is 75.3 Å². The van der Waals surface area contributed by atoms with Crippen LogP contribution in [-0.2, 0) is 19.1 Å². The van der Waals surface area contributed by atoms with E-state index in [1.807, 2.05) is 0 Å². The summed E-state index contributed by atoms with van der Waals surface area (Å²) in [6.45, 7) is 1.29. The highest BCUT2D eigenvalue weighted by Crippen LogP contribution is 2.34. The summed E-state index contributed by atoms with van der Waals surface area (Å²) in [5, 5.41) is 5.18. The molecule has 0 aliphatic rings. The van der Waals surface area contributed by atoms with Crippen LogP contribution >= 0.6 is 20.1 Å². The first-order valence-corrected chi connectivity index (χ1v) is 15.3. The fraction of sp³-hybridized carbons (Fsp3) is 0.833. The van der Waals surface area contributed by atoms with E-state index in [1.165, 1.54) is 0 Å². The maximum Gasteiger partial charge on any atom is 0.407 e. The molecule has 28 heavy (non-hydrogen) atoms. The van der Waals surface area contributed by atoms with Crippen molar-refractivity contribution in [3.05, 3.63) is 0 Å². The first-order valence-electron chi connectivity index (χ1n) is 9.23. The van der Waals surface area contributed by atoms with E-state index in [9.17, 15) is 14.4 Å². The van der Waals surface area contributed by atoms with E-state index in [2.05, 4.69) is 48.2 Å². The molecule has 168 valence electrons. The Hall–Kier alpha value is -1.13. The summed E-state index contributed by atoms with van der Waals surface area (Å²) in [6.07, 6.45) is 12.3. The first kappa shape index (κ1) is 26.9. The number of nitrogens with two attached hydrogens (primary N) is 1. The summed E-state index contributed by atoms with van der Waals surface area (Å²) in [6, 6.07) is -0.923. The molecule has 0 unspecified atom stereocenters. The number of amides is 2.